The molecule has 2 N–H and O–H groups in total. The molecule has 4 rings (SSSR count). The second-order valence-corrected chi connectivity index (χ2v) is 9.61. The summed E-state index contributed by atoms with van der Waals surface area (Å²) in [5.41, 5.74) is 5.49. The number of aromatic amines is 1. The molecule has 0 saturated carbocycles. The van der Waals surface area contributed by atoms with Crippen molar-refractivity contribution in [3.63, 3.8) is 0 Å². The van der Waals surface area contributed by atoms with Crippen LogP contribution >= 0.6 is 0 Å². The fraction of sp³-hybridized carbons (Fsp3) is 0.429. The normalized spacial score (nSPS) is 13.9. The highest BCUT2D eigenvalue weighted by Gasteiger charge is 2.28. The summed E-state index contributed by atoms with van der Waals surface area (Å²) in [5.74, 6) is 0.483. The number of rotatable bonds is 9. The van der Waals surface area contributed by atoms with Crippen molar-refractivity contribution in [2.75, 3.05) is 14.2 Å². The zero-order valence-corrected chi connectivity index (χ0v) is 23.8. The predicted molar refractivity (Wildman–Crippen MR) is 153 cm³/mol. The largest absolute Gasteiger partial charge is 0.479 e. The van der Waals surface area contributed by atoms with Crippen molar-refractivity contribution in [3.05, 3.63) is 46.7 Å². The van der Waals surface area contributed by atoms with Crippen LogP contribution in [0.4, 0.5) is 4.79 Å². The molecule has 39 heavy (non-hydrogen) atoms. The lowest BCUT2D eigenvalue weighted by Gasteiger charge is -2.22. The lowest BCUT2D eigenvalue weighted by Crippen LogP contribution is -2.36. The molecule has 0 aliphatic rings. The van der Waals surface area contributed by atoms with E-state index in [-0.39, 0.29) is 17.8 Å². The molecule has 2 atom stereocenters. The van der Waals surface area contributed by atoms with Gasteiger partial charge in [0.1, 0.15) is 5.65 Å². The first kappa shape index (κ1) is 27.7. The van der Waals surface area contributed by atoms with Gasteiger partial charge in [0.25, 0.3) is 0 Å². The number of carbonyl (C=O) groups is 1. The highest BCUT2D eigenvalue weighted by atomic mass is 16.5. The van der Waals surface area contributed by atoms with Crippen LogP contribution in [0.15, 0.2) is 35.4 Å². The summed E-state index contributed by atoms with van der Waals surface area (Å²) in [6.45, 7) is 7.91. The molecule has 0 aromatic carbocycles. The van der Waals surface area contributed by atoms with E-state index < -0.39 is 6.09 Å². The molecule has 4 heterocycles. The molecule has 0 fully saturated rings. The first-order valence-electron chi connectivity index (χ1n) is 13.0. The molecule has 0 bridgehead atoms. The standard InChI is InChI=1S/C28H37N7O4/c1-9-12-17(10-2)21-22-24-20(14-29-25(22)31-23(21)19-15-33(5)32-26(19)38-7)34(6)28(37)35(24)18(11-3)13-16(4)30-27(36)39-8/h9-10,12,14-16,18H,11,13H2,1-8H3,(H,29,31)(H,30,36)/b12-9-,17-10+. The van der Waals surface area contributed by atoms with Gasteiger partial charge in [0.2, 0.25) is 5.88 Å². The molecule has 208 valence electrons. The summed E-state index contributed by atoms with van der Waals surface area (Å²) in [6, 6.07) is -0.397. The fourth-order valence-electron chi connectivity index (χ4n) is 5.28. The minimum absolute atomic E-state index is 0.142. The summed E-state index contributed by atoms with van der Waals surface area (Å²) in [5, 5.41) is 8.13. The minimum atomic E-state index is -0.499. The van der Waals surface area contributed by atoms with E-state index >= 15 is 0 Å². The number of carbonyl (C=O) groups excluding carboxylic acids is 1. The van der Waals surface area contributed by atoms with E-state index in [4.69, 9.17) is 14.5 Å². The monoisotopic (exact) mass is 535 g/mol. The Kier molecular flexibility index (Phi) is 7.98. The first-order chi connectivity index (χ1) is 18.7. The van der Waals surface area contributed by atoms with Crippen molar-refractivity contribution >= 4 is 33.7 Å². The average molecular weight is 536 g/mol. The van der Waals surface area contributed by atoms with Crippen molar-refractivity contribution < 1.29 is 14.3 Å². The summed E-state index contributed by atoms with van der Waals surface area (Å²) >= 11 is 0. The van der Waals surface area contributed by atoms with E-state index in [9.17, 15) is 9.59 Å². The van der Waals surface area contributed by atoms with Gasteiger partial charge in [-0.15, -0.1) is 5.10 Å². The van der Waals surface area contributed by atoms with Crippen LogP contribution in [-0.4, -0.2) is 55.2 Å². The highest BCUT2D eigenvalue weighted by molar-refractivity contribution is 6.12. The number of aryl methyl sites for hydroxylation is 2. The van der Waals surface area contributed by atoms with Gasteiger partial charge in [-0.25, -0.2) is 14.6 Å². The Morgan fingerprint density at radius 1 is 1.26 bits per heavy atom. The van der Waals surface area contributed by atoms with Crippen LogP contribution in [0.1, 0.15) is 52.1 Å². The van der Waals surface area contributed by atoms with Crippen LogP contribution in [0.25, 0.3) is 38.9 Å². The molecule has 0 spiro atoms. The molecule has 0 radical (unpaired) electrons. The number of nitrogens with one attached hydrogen (secondary N) is 2. The number of hydrogen-bond donors (Lipinski definition) is 2. The SMILES string of the molecule is C/C=C\C(=C/C)c1c(-c2cn(C)nc2OC)[nH]c2ncc3c(c12)n(C(CC)CC(C)NC(=O)OC)c(=O)n3C. The molecule has 1 amide bonds. The summed E-state index contributed by atoms with van der Waals surface area (Å²) < 4.78 is 15.6. The number of amides is 1. The zero-order valence-electron chi connectivity index (χ0n) is 23.8. The Morgan fingerprint density at radius 2 is 2.00 bits per heavy atom. The number of pyridine rings is 1. The number of ether oxygens (including phenoxy) is 2. The van der Waals surface area contributed by atoms with Gasteiger partial charge in [-0.05, 0) is 39.2 Å². The van der Waals surface area contributed by atoms with Crippen LogP contribution in [0.5, 0.6) is 5.88 Å². The predicted octanol–water partition coefficient (Wildman–Crippen LogP) is 4.69. The van der Waals surface area contributed by atoms with Crippen LogP contribution in [-0.2, 0) is 18.8 Å². The summed E-state index contributed by atoms with van der Waals surface area (Å²) in [6.07, 6.45) is 10.4. The Labute approximate surface area is 227 Å². The van der Waals surface area contributed by atoms with Crippen molar-refractivity contribution in [3.8, 4) is 17.1 Å². The van der Waals surface area contributed by atoms with Gasteiger partial charge in [0.05, 0.1) is 48.1 Å². The topological polar surface area (TPSA) is 121 Å². The Balaban J connectivity index is 2.09. The van der Waals surface area contributed by atoms with Crippen molar-refractivity contribution in [2.45, 2.75) is 52.6 Å². The van der Waals surface area contributed by atoms with Gasteiger partial charge < -0.3 is 19.8 Å². The van der Waals surface area contributed by atoms with Crippen molar-refractivity contribution in [1.29, 1.82) is 0 Å². The number of allylic oxidation sites excluding steroid dienone is 4. The maximum absolute atomic E-state index is 13.8. The smallest absolute Gasteiger partial charge is 0.407 e. The van der Waals surface area contributed by atoms with Crippen molar-refractivity contribution in [1.82, 2.24) is 34.2 Å². The molecule has 4 aromatic rings. The maximum atomic E-state index is 13.8. The molecule has 4 aromatic heterocycles. The third-order valence-corrected chi connectivity index (χ3v) is 7.09. The Morgan fingerprint density at radius 3 is 2.62 bits per heavy atom. The van der Waals surface area contributed by atoms with E-state index in [0.717, 1.165) is 38.8 Å². The van der Waals surface area contributed by atoms with Gasteiger partial charge in [-0.3, -0.25) is 13.8 Å². The molecular formula is C28H37N7O4. The highest BCUT2D eigenvalue weighted by Crippen LogP contribution is 2.41. The van der Waals surface area contributed by atoms with E-state index in [1.54, 1.807) is 29.6 Å². The summed E-state index contributed by atoms with van der Waals surface area (Å²) in [4.78, 5) is 33.9. The summed E-state index contributed by atoms with van der Waals surface area (Å²) in [7, 11) is 6.54. The van der Waals surface area contributed by atoms with Gasteiger partial charge in [0.15, 0.2) is 0 Å². The fourth-order valence-corrected chi connectivity index (χ4v) is 5.28. The zero-order chi connectivity index (χ0) is 28.4. The third kappa shape index (κ3) is 4.84. The lowest BCUT2D eigenvalue weighted by molar-refractivity contribution is 0.165. The molecule has 0 saturated heterocycles. The molecular weight excluding hydrogens is 498 g/mol. The number of fused-ring (bicyclic) bond motifs is 3. The van der Waals surface area contributed by atoms with Crippen LogP contribution in [0.2, 0.25) is 0 Å². The number of aromatic nitrogens is 6. The van der Waals surface area contributed by atoms with Gasteiger partial charge in [0, 0.05) is 37.9 Å². The number of H-pyrrole nitrogens is 1. The number of nitrogens with zero attached hydrogens (tertiary/aromatic N) is 5. The van der Waals surface area contributed by atoms with E-state index in [0.29, 0.717) is 24.4 Å². The molecule has 11 nitrogen and oxygen atoms in total. The minimum Gasteiger partial charge on any atom is -0.479 e. The van der Waals surface area contributed by atoms with Crippen molar-refractivity contribution in [2.24, 2.45) is 14.1 Å². The quantitative estimate of drug-likeness (QED) is 0.300. The Bertz CT molecular complexity index is 1630. The number of alkyl carbamates (subject to hydrolysis) is 1. The molecule has 0 aliphatic heterocycles. The second-order valence-electron chi connectivity index (χ2n) is 9.61. The van der Waals surface area contributed by atoms with Crippen LogP contribution < -0.4 is 15.7 Å². The lowest BCUT2D eigenvalue weighted by atomic mass is 9.98. The number of imidazole rings is 1. The van der Waals surface area contributed by atoms with Gasteiger partial charge in [-0.1, -0.05) is 25.2 Å². The van der Waals surface area contributed by atoms with E-state index in [2.05, 4.69) is 15.4 Å². The average Bonchev–Trinajstić information content (AvgIpc) is 3.57. The maximum Gasteiger partial charge on any atom is 0.407 e. The van der Waals surface area contributed by atoms with Crippen LogP contribution in [0, 0.1) is 0 Å². The number of methoxy groups -OCH3 is 2. The third-order valence-electron chi connectivity index (χ3n) is 7.09. The second kappa shape index (κ2) is 11.2. The Hall–Kier alpha value is -4.28. The molecule has 0 aliphatic carbocycles. The van der Waals surface area contributed by atoms with Gasteiger partial charge >= 0.3 is 11.8 Å². The molecule has 2 unspecified atom stereocenters. The van der Waals surface area contributed by atoms with Gasteiger partial charge in [-0.2, -0.15) is 0 Å². The van der Waals surface area contributed by atoms with E-state index in [1.807, 2.05) is 63.7 Å². The number of hydrogen-bond acceptors (Lipinski definition) is 6. The molecule has 11 heteroatoms. The van der Waals surface area contributed by atoms with E-state index in [1.165, 1.54) is 7.11 Å². The van der Waals surface area contributed by atoms with Crippen LogP contribution in [0.3, 0.4) is 0 Å². The first-order valence-corrected chi connectivity index (χ1v) is 13.0.